The van der Waals surface area contributed by atoms with Crippen molar-refractivity contribution in [3.05, 3.63) is 89.0 Å². The molecule has 0 bridgehead atoms. The topological polar surface area (TPSA) is 51.1 Å². The van der Waals surface area contributed by atoms with Gasteiger partial charge < -0.3 is 14.4 Å². The number of aliphatic imine (C=N–C) groups is 1. The van der Waals surface area contributed by atoms with Crippen LogP contribution in [0.4, 0.5) is 0 Å². The summed E-state index contributed by atoms with van der Waals surface area (Å²) < 4.78 is 10.7. The third-order valence-corrected chi connectivity index (χ3v) is 9.23. The van der Waals surface area contributed by atoms with Gasteiger partial charge in [0.25, 0.3) is 0 Å². The molecule has 0 amide bonds. The fourth-order valence-electron chi connectivity index (χ4n) is 6.58. The maximum absolute atomic E-state index is 12.6. The number of ether oxygens (including phenoxy) is 2. The molecule has 1 saturated heterocycles. The van der Waals surface area contributed by atoms with Crippen LogP contribution in [0.15, 0.2) is 77.3 Å². The highest BCUT2D eigenvalue weighted by atomic mass is 16.6. The van der Waals surface area contributed by atoms with E-state index in [9.17, 15) is 4.79 Å². The maximum atomic E-state index is 12.6. The first-order chi connectivity index (χ1) is 21.4. The van der Waals surface area contributed by atoms with Crippen LogP contribution in [-0.4, -0.2) is 49.5 Å². The zero-order valence-corrected chi connectivity index (χ0v) is 27.2. The molecular formula is C39H50N2O3. The van der Waals surface area contributed by atoms with Crippen LogP contribution in [0, 0.1) is 5.92 Å². The van der Waals surface area contributed by atoms with Crippen LogP contribution in [0.1, 0.15) is 89.3 Å². The predicted octanol–water partition coefficient (Wildman–Crippen LogP) is 8.68. The number of hydrogen-bond donors (Lipinski definition) is 0. The molecule has 3 heterocycles. The Labute approximate surface area is 264 Å². The Bertz CT molecular complexity index is 1400. The number of rotatable bonds is 11. The molecule has 5 heteroatoms. The number of benzene rings is 2. The van der Waals surface area contributed by atoms with Crippen molar-refractivity contribution in [2.24, 2.45) is 10.9 Å². The second kappa shape index (κ2) is 15.0. The lowest BCUT2D eigenvalue weighted by Gasteiger charge is -2.31. The van der Waals surface area contributed by atoms with Crippen molar-refractivity contribution in [2.45, 2.75) is 90.7 Å². The van der Waals surface area contributed by atoms with E-state index in [-0.39, 0.29) is 17.5 Å². The van der Waals surface area contributed by atoms with Crippen LogP contribution >= 0.6 is 0 Å². The van der Waals surface area contributed by atoms with Crippen LogP contribution < -0.4 is 0 Å². The van der Waals surface area contributed by atoms with E-state index in [1.165, 1.54) is 52.8 Å². The Morgan fingerprint density at radius 3 is 2.64 bits per heavy atom. The number of carbonyl (C=O) groups excluding carboxylic acids is 1. The normalized spacial score (nSPS) is 20.1. The summed E-state index contributed by atoms with van der Waals surface area (Å²) >= 11 is 0. The highest BCUT2D eigenvalue weighted by Crippen LogP contribution is 2.36. The predicted molar refractivity (Wildman–Crippen MR) is 182 cm³/mol. The van der Waals surface area contributed by atoms with Gasteiger partial charge >= 0.3 is 5.97 Å². The van der Waals surface area contributed by atoms with Crippen LogP contribution in [0.25, 0.3) is 16.8 Å². The summed E-state index contributed by atoms with van der Waals surface area (Å²) in [6.45, 7) is 12.7. The summed E-state index contributed by atoms with van der Waals surface area (Å²) in [5.41, 5.74) is 8.62. The lowest BCUT2D eigenvalue weighted by atomic mass is 9.75. The van der Waals surface area contributed by atoms with Gasteiger partial charge in [-0.3, -0.25) is 4.99 Å². The first kappa shape index (κ1) is 32.0. The lowest BCUT2D eigenvalue weighted by Crippen LogP contribution is -2.38. The molecule has 1 atom stereocenters. The standard InChI is InChI=1S/C39H50N2O3/c1-5-20-39(4,21-7-6-10-29(2)3)34-17-15-30(16-18-34)32-13-14-33-26-40-22-19-37(36(33)25-32)41-23-8-11-31(12-9-24-41)38(42)44-35-27-43-28-35/h6,10-11,13-19,22,25,29,35H,5,7-9,12,20-21,23-24,26-28H2,1-4H3/b10-6+,31-11-. The first-order valence-corrected chi connectivity index (χ1v) is 16.7. The number of nitrogens with zero attached hydrogens (tertiary/aromatic N) is 2. The van der Waals surface area contributed by atoms with Crippen LogP contribution in [-0.2, 0) is 26.2 Å². The Balaban J connectivity index is 1.32. The van der Waals surface area contributed by atoms with Gasteiger partial charge in [-0.05, 0) is 84.3 Å². The minimum atomic E-state index is -0.174. The second-order valence-electron chi connectivity index (χ2n) is 13.2. The molecule has 0 aromatic heterocycles. The van der Waals surface area contributed by atoms with Crippen LogP contribution in [0.3, 0.4) is 0 Å². The summed E-state index contributed by atoms with van der Waals surface area (Å²) in [6, 6.07) is 16.2. The van der Waals surface area contributed by atoms with Gasteiger partial charge in [-0.15, -0.1) is 0 Å². The minimum Gasteiger partial charge on any atom is -0.454 e. The molecule has 1 unspecified atom stereocenters. The van der Waals surface area contributed by atoms with Crippen molar-refractivity contribution in [3.8, 4) is 11.1 Å². The summed E-state index contributed by atoms with van der Waals surface area (Å²) in [7, 11) is 0. The van der Waals surface area contributed by atoms with Gasteiger partial charge in [-0.2, -0.15) is 0 Å². The molecule has 234 valence electrons. The molecule has 3 aliphatic rings. The highest BCUT2D eigenvalue weighted by molar-refractivity contribution is 5.89. The Kier molecular flexibility index (Phi) is 10.9. The van der Waals surface area contributed by atoms with Crippen molar-refractivity contribution in [1.29, 1.82) is 0 Å². The van der Waals surface area contributed by atoms with E-state index in [1.54, 1.807) is 0 Å². The van der Waals surface area contributed by atoms with E-state index in [4.69, 9.17) is 9.47 Å². The van der Waals surface area contributed by atoms with E-state index in [1.807, 2.05) is 6.21 Å². The van der Waals surface area contributed by atoms with Gasteiger partial charge in [0.1, 0.15) is 6.10 Å². The SMILES string of the molecule is CCCC(C)(CC/C=C/C(C)C)c1ccc(-c2ccc3c(c2)C(N2CC/C=C(\C(=O)OC4COC4)CCC2)=CC=NC3)cc1. The molecule has 44 heavy (non-hydrogen) atoms. The average molecular weight is 595 g/mol. The van der Waals surface area contributed by atoms with Gasteiger partial charge in [0.15, 0.2) is 0 Å². The summed E-state index contributed by atoms with van der Waals surface area (Å²) in [6.07, 6.45) is 17.9. The van der Waals surface area contributed by atoms with Crippen LogP contribution in [0.2, 0.25) is 0 Å². The fraction of sp³-hybridized carbons (Fsp3) is 0.487. The van der Waals surface area contributed by atoms with Crippen molar-refractivity contribution in [2.75, 3.05) is 26.3 Å². The molecule has 0 saturated carbocycles. The molecule has 1 fully saturated rings. The number of carbonyl (C=O) groups is 1. The van der Waals surface area contributed by atoms with Gasteiger partial charge in [-0.1, -0.05) is 88.7 Å². The maximum Gasteiger partial charge on any atom is 0.334 e. The Morgan fingerprint density at radius 1 is 1.11 bits per heavy atom. The molecule has 2 aromatic rings. The number of fused-ring (bicyclic) bond motifs is 1. The summed E-state index contributed by atoms with van der Waals surface area (Å²) in [4.78, 5) is 19.8. The van der Waals surface area contributed by atoms with Gasteiger partial charge in [0.2, 0.25) is 0 Å². The van der Waals surface area contributed by atoms with E-state index in [0.29, 0.717) is 25.7 Å². The Hall–Kier alpha value is -3.44. The van der Waals surface area contributed by atoms with Crippen molar-refractivity contribution >= 4 is 17.9 Å². The number of hydrogen-bond acceptors (Lipinski definition) is 5. The third-order valence-electron chi connectivity index (χ3n) is 9.23. The highest BCUT2D eigenvalue weighted by Gasteiger charge is 2.27. The quantitative estimate of drug-likeness (QED) is 0.193. The van der Waals surface area contributed by atoms with E-state index in [2.05, 4.69) is 104 Å². The van der Waals surface area contributed by atoms with Crippen LogP contribution in [0.5, 0.6) is 0 Å². The summed E-state index contributed by atoms with van der Waals surface area (Å²) in [5.74, 6) is 0.429. The van der Waals surface area contributed by atoms with Gasteiger partial charge in [0, 0.05) is 36.1 Å². The van der Waals surface area contributed by atoms with E-state index < -0.39 is 0 Å². The number of esters is 1. The molecule has 0 N–H and O–H groups in total. The molecular weight excluding hydrogens is 544 g/mol. The van der Waals surface area contributed by atoms with E-state index >= 15 is 0 Å². The molecule has 0 spiro atoms. The molecule has 5 rings (SSSR count). The number of allylic oxidation sites excluding steroid dienone is 3. The van der Waals surface area contributed by atoms with Gasteiger partial charge in [-0.25, -0.2) is 4.79 Å². The van der Waals surface area contributed by atoms with E-state index in [0.717, 1.165) is 44.3 Å². The van der Waals surface area contributed by atoms with Crippen molar-refractivity contribution in [3.63, 3.8) is 0 Å². The molecule has 2 aromatic carbocycles. The average Bonchev–Trinajstić information content (AvgIpc) is 3.19. The lowest BCUT2D eigenvalue weighted by molar-refractivity contribution is -0.167. The van der Waals surface area contributed by atoms with Gasteiger partial charge in [0.05, 0.1) is 19.8 Å². The summed E-state index contributed by atoms with van der Waals surface area (Å²) in [5, 5.41) is 0. The fourth-order valence-corrected chi connectivity index (χ4v) is 6.58. The smallest absolute Gasteiger partial charge is 0.334 e. The third kappa shape index (κ3) is 7.98. The zero-order valence-electron chi connectivity index (χ0n) is 27.2. The monoisotopic (exact) mass is 594 g/mol. The minimum absolute atomic E-state index is 0.0829. The molecule has 0 aliphatic carbocycles. The largest absolute Gasteiger partial charge is 0.454 e. The van der Waals surface area contributed by atoms with Crippen molar-refractivity contribution in [1.82, 2.24) is 4.90 Å². The molecule has 0 radical (unpaired) electrons. The Morgan fingerprint density at radius 2 is 1.91 bits per heavy atom. The zero-order chi connectivity index (χ0) is 30.9. The first-order valence-electron chi connectivity index (χ1n) is 16.7. The second-order valence-corrected chi connectivity index (χ2v) is 13.2. The molecule has 5 nitrogen and oxygen atoms in total. The van der Waals surface area contributed by atoms with Crippen molar-refractivity contribution < 1.29 is 14.3 Å². The molecule has 3 aliphatic heterocycles.